The number of nitrogens with one attached hydrogen (secondary N) is 2. The molecule has 3 unspecified atom stereocenters. The van der Waals surface area contributed by atoms with Crippen LogP contribution in [0.25, 0.3) is 0 Å². The number of hydrogen-bond acceptors (Lipinski definition) is 3. The van der Waals surface area contributed by atoms with E-state index in [2.05, 4.69) is 39.8 Å². The van der Waals surface area contributed by atoms with Crippen LogP contribution < -0.4 is 10.6 Å². The molecule has 4 rings (SSSR count). The summed E-state index contributed by atoms with van der Waals surface area (Å²) >= 11 is 0. The van der Waals surface area contributed by atoms with Crippen LogP contribution in [0.3, 0.4) is 0 Å². The van der Waals surface area contributed by atoms with Gasteiger partial charge in [0.2, 0.25) is 0 Å². The minimum Gasteiger partial charge on any atom is -0.309 e. The predicted octanol–water partition coefficient (Wildman–Crippen LogP) is 1.66. The molecule has 19 heavy (non-hydrogen) atoms. The van der Waals surface area contributed by atoms with Crippen molar-refractivity contribution in [1.29, 1.82) is 0 Å². The number of benzene rings is 1. The third-order valence-corrected chi connectivity index (χ3v) is 5.12. The normalized spacial score (nSPS) is 34.8. The zero-order chi connectivity index (χ0) is 12.7. The lowest BCUT2D eigenvalue weighted by Crippen LogP contribution is -2.62. The van der Waals surface area contributed by atoms with Gasteiger partial charge in [0.1, 0.15) is 0 Å². The second-order valence-corrected chi connectivity index (χ2v) is 6.14. The molecule has 0 bridgehead atoms. The molecule has 0 radical (unpaired) electrons. The Labute approximate surface area is 115 Å². The van der Waals surface area contributed by atoms with Crippen molar-refractivity contribution >= 4 is 0 Å². The fourth-order valence-corrected chi connectivity index (χ4v) is 4.20. The van der Waals surface area contributed by atoms with Gasteiger partial charge in [0, 0.05) is 37.8 Å². The summed E-state index contributed by atoms with van der Waals surface area (Å²) < 4.78 is 0. The monoisotopic (exact) mass is 257 g/mol. The largest absolute Gasteiger partial charge is 0.309 e. The molecule has 0 aromatic heterocycles. The molecule has 0 saturated carbocycles. The Hall–Kier alpha value is -0.900. The summed E-state index contributed by atoms with van der Waals surface area (Å²) in [6.07, 6.45) is 4.14. The van der Waals surface area contributed by atoms with Crippen molar-refractivity contribution in [2.45, 2.75) is 43.9 Å². The molecule has 3 heterocycles. The maximum Gasteiger partial charge on any atom is 0.0497 e. The first-order chi connectivity index (χ1) is 9.43. The molecule has 3 aliphatic heterocycles. The molecule has 2 saturated heterocycles. The third kappa shape index (κ3) is 2.00. The number of piperidine rings is 1. The van der Waals surface area contributed by atoms with Crippen LogP contribution in [-0.4, -0.2) is 36.6 Å². The Balaban J connectivity index is 1.61. The summed E-state index contributed by atoms with van der Waals surface area (Å²) in [4.78, 5) is 2.72. The van der Waals surface area contributed by atoms with Gasteiger partial charge in [-0.1, -0.05) is 30.7 Å². The van der Waals surface area contributed by atoms with Crippen LogP contribution in [0.2, 0.25) is 0 Å². The van der Waals surface area contributed by atoms with Crippen molar-refractivity contribution in [3.63, 3.8) is 0 Å². The topological polar surface area (TPSA) is 27.3 Å². The van der Waals surface area contributed by atoms with E-state index in [1.807, 2.05) is 0 Å². The van der Waals surface area contributed by atoms with Crippen LogP contribution in [0.5, 0.6) is 0 Å². The van der Waals surface area contributed by atoms with E-state index < -0.39 is 0 Å². The van der Waals surface area contributed by atoms with Crippen LogP contribution in [0, 0.1) is 0 Å². The first-order valence-electron chi connectivity index (χ1n) is 7.72. The number of rotatable bonds is 1. The van der Waals surface area contributed by atoms with Gasteiger partial charge >= 0.3 is 0 Å². The molecule has 3 nitrogen and oxygen atoms in total. The van der Waals surface area contributed by atoms with Crippen LogP contribution in [0.4, 0.5) is 0 Å². The van der Waals surface area contributed by atoms with Crippen molar-refractivity contribution in [3.05, 3.63) is 35.4 Å². The number of piperazine rings is 1. The lowest BCUT2D eigenvalue weighted by atomic mass is 9.86. The Bertz CT molecular complexity index is 457. The summed E-state index contributed by atoms with van der Waals surface area (Å²) in [6.45, 7) is 4.71. The molecule has 102 valence electrons. The summed E-state index contributed by atoms with van der Waals surface area (Å²) in [5.74, 6) is 0. The van der Waals surface area contributed by atoms with Gasteiger partial charge in [0.25, 0.3) is 0 Å². The molecular formula is C16H23N3. The van der Waals surface area contributed by atoms with E-state index in [0.29, 0.717) is 12.1 Å². The van der Waals surface area contributed by atoms with Crippen LogP contribution in [-0.2, 0) is 6.54 Å². The van der Waals surface area contributed by atoms with Crippen molar-refractivity contribution < 1.29 is 0 Å². The van der Waals surface area contributed by atoms with Crippen molar-refractivity contribution in [1.82, 2.24) is 15.5 Å². The van der Waals surface area contributed by atoms with Gasteiger partial charge in [-0.2, -0.15) is 0 Å². The van der Waals surface area contributed by atoms with E-state index in [0.717, 1.165) is 19.1 Å². The average molecular weight is 257 g/mol. The predicted molar refractivity (Wildman–Crippen MR) is 77.0 cm³/mol. The molecule has 0 spiro atoms. The van der Waals surface area contributed by atoms with E-state index in [-0.39, 0.29) is 0 Å². The highest BCUT2D eigenvalue weighted by Crippen LogP contribution is 2.33. The maximum absolute atomic E-state index is 3.80. The molecule has 0 aliphatic carbocycles. The number of hydrogen-bond donors (Lipinski definition) is 2. The Kier molecular flexibility index (Phi) is 3.06. The van der Waals surface area contributed by atoms with Crippen LogP contribution in [0.15, 0.2) is 24.3 Å². The van der Waals surface area contributed by atoms with E-state index >= 15 is 0 Å². The van der Waals surface area contributed by atoms with E-state index in [4.69, 9.17) is 0 Å². The molecule has 1 aromatic carbocycles. The van der Waals surface area contributed by atoms with Gasteiger partial charge in [-0.15, -0.1) is 0 Å². The van der Waals surface area contributed by atoms with Gasteiger partial charge in [-0.3, -0.25) is 4.90 Å². The van der Waals surface area contributed by atoms with Gasteiger partial charge in [0.15, 0.2) is 0 Å². The van der Waals surface area contributed by atoms with Gasteiger partial charge < -0.3 is 10.6 Å². The SMILES string of the molecule is c1ccc2c(c1)CNC2C1NCCN2CCCCC12. The molecule has 2 N–H and O–H groups in total. The number of nitrogens with zero attached hydrogens (tertiary/aromatic N) is 1. The zero-order valence-corrected chi connectivity index (χ0v) is 11.4. The van der Waals surface area contributed by atoms with Gasteiger partial charge in [0.05, 0.1) is 0 Å². The van der Waals surface area contributed by atoms with Crippen molar-refractivity contribution in [2.75, 3.05) is 19.6 Å². The van der Waals surface area contributed by atoms with Crippen molar-refractivity contribution in [2.24, 2.45) is 0 Å². The summed E-state index contributed by atoms with van der Waals surface area (Å²) in [7, 11) is 0. The van der Waals surface area contributed by atoms with Crippen LogP contribution in [0.1, 0.15) is 36.4 Å². The average Bonchev–Trinajstić information content (AvgIpc) is 2.90. The highest BCUT2D eigenvalue weighted by atomic mass is 15.3. The van der Waals surface area contributed by atoms with E-state index in [1.165, 1.54) is 43.5 Å². The van der Waals surface area contributed by atoms with E-state index in [1.54, 1.807) is 0 Å². The zero-order valence-electron chi connectivity index (χ0n) is 11.4. The minimum atomic E-state index is 0.502. The fourth-order valence-electron chi connectivity index (χ4n) is 4.20. The second-order valence-electron chi connectivity index (χ2n) is 6.14. The lowest BCUT2D eigenvalue weighted by Gasteiger charge is -2.47. The molecule has 1 aromatic rings. The molecule has 3 atom stereocenters. The summed E-state index contributed by atoms with van der Waals surface area (Å²) in [6, 6.07) is 10.7. The van der Waals surface area contributed by atoms with Gasteiger partial charge in [-0.05, 0) is 30.5 Å². The maximum atomic E-state index is 3.80. The lowest BCUT2D eigenvalue weighted by molar-refractivity contribution is 0.0691. The Morgan fingerprint density at radius 1 is 1.05 bits per heavy atom. The summed E-state index contributed by atoms with van der Waals surface area (Å²) in [5, 5.41) is 7.53. The quantitative estimate of drug-likeness (QED) is 0.801. The highest BCUT2D eigenvalue weighted by Gasteiger charge is 2.39. The van der Waals surface area contributed by atoms with Gasteiger partial charge in [-0.25, -0.2) is 0 Å². The fraction of sp³-hybridized carbons (Fsp3) is 0.625. The first-order valence-corrected chi connectivity index (χ1v) is 7.72. The molecule has 3 aliphatic rings. The van der Waals surface area contributed by atoms with E-state index in [9.17, 15) is 0 Å². The Morgan fingerprint density at radius 3 is 3.00 bits per heavy atom. The molecule has 3 heteroatoms. The highest BCUT2D eigenvalue weighted by molar-refractivity contribution is 5.35. The molecule has 0 amide bonds. The third-order valence-electron chi connectivity index (χ3n) is 5.12. The first kappa shape index (κ1) is 11.9. The Morgan fingerprint density at radius 2 is 2.00 bits per heavy atom. The van der Waals surface area contributed by atoms with Crippen LogP contribution >= 0.6 is 0 Å². The minimum absolute atomic E-state index is 0.502. The molecular weight excluding hydrogens is 234 g/mol. The standard InChI is InChI=1S/C16H23N3/c1-2-6-13-12(5-1)11-18-15(13)16-14-7-3-4-9-19(14)10-8-17-16/h1-2,5-6,14-18H,3-4,7-11H2. The summed E-state index contributed by atoms with van der Waals surface area (Å²) in [5.41, 5.74) is 3.01. The van der Waals surface area contributed by atoms with Crippen molar-refractivity contribution in [3.8, 4) is 0 Å². The smallest absolute Gasteiger partial charge is 0.0497 e. The number of fused-ring (bicyclic) bond motifs is 2. The second kappa shape index (κ2) is 4.89. The molecule has 2 fully saturated rings.